The van der Waals surface area contributed by atoms with Crippen LogP contribution in [0.25, 0.3) is 0 Å². The Morgan fingerprint density at radius 3 is 0.724 bits per heavy atom. The lowest BCUT2D eigenvalue weighted by Crippen LogP contribution is -2.30. The normalized spacial score (nSPS) is 14.6. The van der Waals surface area contributed by atoms with Crippen LogP contribution in [-0.2, 0) is 65.4 Å². The summed E-state index contributed by atoms with van der Waals surface area (Å²) in [7, 11) is -9.92. The summed E-state index contributed by atoms with van der Waals surface area (Å²) in [4.78, 5) is 72.9. The highest BCUT2D eigenvalue weighted by Crippen LogP contribution is 2.45. The minimum absolute atomic E-state index is 0.105. The Bertz CT molecular complexity index is 1920. The molecular formula is C79H154O17P2. The summed E-state index contributed by atoms with van der Waals surface area (Å²) in [5.74, 6) is 1.01. The molecule has 0 aliphatic rings. The second-order valence-corrected chi connectivity index (χ2v) is 32.8. The van der Waals surface area contributed by atoms with Crippen molar-refractivity contribution in [3.63, 3.8) is 0 Å². The van der Waals surface area contributed by atoms with Crippen molar-refractivity contribution in [1.82, 2.24) is 0 Å². The average Bonchev–Trinajstić information content (AvgIpc) is 0.935. The number of rotatable bonds is 76. The van der Waals surface area contributed by atoms with E-state index in [0.29, 0.717) is 25.7 Å². The zero-order chi connectivity index (χ0) is 72.4. The third kappa shape index (κ3) is 69.8. The lowest BCUT2D eigenvalue weighted by Gasteiger charge is -2.21. The van der Waals surface area contributed by atoms with Crippen LogP contribution in [0, 0.1) is 23.7 Å². The summed E-state index contributed by atoms with van der Waals surface area (Å²) in [6, 6.07) is 0. The van der Waals surface area contributed by atoms with Crippen LogP contribution in [0.3, 0.4) is 0 Å². The molecule has 17 nitrogen and oxygen atoms in total. The summed E-state index contributed by atoms with van der Waals surface area (Å²) in [5, 5.41) is 10.6. The van der Waals surface area contributed by atoms with E-state index in [0.717, 1.165) is 120 Å². The molecular weight excluding hydrogens is 1280 g/mol. The second kappa shape index (κ2) is 68.2. The first kappa shape index (κ1) is 96.1. The molecule has 582 valence electrons. The molecule has 0 amide bonds. The van der Waals surface area contributed by atoms with Gasteiger partial charge < -0.3 is 33.8 Å². The van der Waals surface area contributed by atoms with Crippen molar-refractivity contribution >= 4 is 39.5 Å². The van der Waals surface area contributed by atoms with Gasteiger partial charge in [-0.15, -0.1) is 0 Å². The fourth-order valence-corrected chi connectivity index (χ4v) is 13.6. The molecule has 0 bridgehead atoms. The Morgan fingerprint density at radius 2 is 0.490 bits per heavy atom. The minimum atomic E-state index is -4.96. The third-order valence-corrected chi connectivity index (χ3v) is 20.9. The van der Waals surface area contributed by atoms with Gasteiger partial charge in [0.05, 0.1) is 26.4 Å². The second-order valence-electron chi connectivity index (χ2n) is 29.9. The maximum absolute atomic E-state index is 13.1. The number of esters is 4. The smallest absolute Gasteiger partial charge is 0.462 e. The Balaban J connectivity index is 5.25. The molecule has 4 unspecified atom stereocenters. The molecule has 0 aromatic heterocycles. The SMILES string of the molecule is CCC(C)CCCCCCCCCCCCCCCCC(=O)OC[C@H](COP(=O)(O)OC[C@@H](O)COP(=O)(O)OC[C@@H](COC(=O)CCCCCCCCC(C)CC)OC(=O)CCCCCCCCCCCCC(C)C)OC(=O)CCCCCCCCCCCCCCCCC(C)C. The highest BCUT2D eigenvalue weighted by molar-refractivity contribution is 7.47. The van der Waals surface area contributed by atoms with Crippen LogP contribution in [0.1, 0.15) is 402 Å². The molecule has 0 saturated carbocycles. The molecule has 0 aliphatic carbocycles. The predicted molar refractivity (Wildman–Crippen MR) is 400 cm³/mol. The van der Waals surface area contributed by atoms with Gasteiger partial charge in [0.2, 0.25) is 0 Å². The number of hydrogen-bond acceptors (Lipinski definition) is 15. The van der Waals surface area contributed by atoms with Crippen LogP contribution in [0.2, 0.25) is 0 Å². The lowest BCUT2D eigenvalue weighted by atomic mass is 9.99. The van der Waals surface area contributed by atoms with Gasteiger partial charge >= 0.3 is 39.5 Å². The van der Waals surface area contributed by atoms with Gasteiger partial charge in [0.1, 0.15) is 19.3 Å². The summed E-state index contributed by atoms with van der Waals surface area (Å²) >= 11 is 0. The maximum Gasteiger partial charge on any atom is 0.472 e. The standard InChI is InChI=1S/C79H154O17P2/c1-9-71(7)57-49-41-33-27-20-16-12-14-17-21-28-34-43-51-59-76(81)89-65-74(95-78(83)61-53-45-35-29-22-18-13-11-15-19-25-31-39-47-55-69(3)4)67-93-97(85,86)91-63-73(80)64-92-98(87,88)94-68-75(66-90-77(82)60-52-44-38-37-42-50-58-72(8)10-2)96-79(84)62-54-46-36-30-24-23-26-32-40-48-56-70(5)6/h69-75,80H,9-68H2,1-8H3,(H,85,86)(H,87,88)/t71?,72?,73-,74-,75-/m1/s1. The maximum atomic E-state index is 13.1. The molecule has 0 aliphatic heterocycles. The average molecular weight is 1440 g/mol. The van der Waals surface area contributed by atoms with Crippen LogP contribution in [0.5, 0.6) is 0 Å². The molecule has 3 N–H and O–H groups in total. The van der Waals surface area contributed by atoms with Crippen LogP contribution >= 0.6 is 15.6 Å². The Kier molecular flexibility index (Phi) is 66.8. The third-order valence-electron chi connectivity index (χ3n) is 19.0. The van der Waals surface area contributed by atoms with Crippen molar-refractivity contribution in [2.24, 2.45) is 23.7 Å². The van der Waals surface area contributed by atoms with Crippen molar-refractivity contribution < 1.29 is 80.2 Å². The number of ether oxygens (including phenoxy) is 4. The molecule has 0 radical (unpaired) electrons. The zero-order valence-electron chi connectivity index (χ0n) is 64.4. The van der Waals surface area contributed by atoms with Crippen LogP contribution < -0.4 is 0 Å². The Labute approximate surface area is 600 Å². The number of aliphatic hydroxyl groups excluding tert-OH is 1. The van der Waals surface area contributed by atoms with Gasteiger partial charge in [-0.1, -0.05) is 351 Å². The largest absolute Gasteiger partial charge is 0.472 e. The van der Waals surface area contributed by atoms with Crippen molar-refractivity contribution in [2.45, 2.75) is 420 Å². The van der Waals surface area contributed by atoms with Gasteiger partial charge in [-0.25, -0.2) is 9.13 Å². The zero-order valence-corrected chi connectivity index (χ0v) is 66.2. The molecule has 0 saturated heterocycles. The number of hydrogen-bond donors (Lipinski definition) is 3. The molecule has 0 spiro atoms. The van der Waals surface area contributed by atoms with E-state index in [2.05, 4.69) is 55.4 Å². The van der Waals surface area contributed by atoms with Gasteiger partial charge in [-0.3, -0.25) is 37.3 Å². The highest BCUT2D eigenvalue weighted by Gasteiger charge is 2.30. The number of carbonyl (C=O) groups excluding carboxylic acids is 4. The van der Waals surface area contributed by atoms with E-state index in [9.17, 15) is 43.2 Å². The quantitative estimate of drug-likeness (QED) is 0.0222. The molecule has 0 aromatic rings. The first-order chi connectivity index (χ1) is 47.2. The summed E-state index contributed by atoms with van der Waals surface area (Å²) < 4.78 is 68.6. The molecule has 0 rings (SSSR count). The molecule has 19 heteroatoms. The van der Waals surface area contributed by atoms with E-state index < -0.39 is 97.5 Å². The van der Waals surface area contributed by atoms with Crippen molar-refractivity contribution in [3.8, 4) is 0 Å². The summed E-state index contributed by atoms with van der Waals surface area (Å²) in [6.45, 7) is 14.3. The number of phosphoric acid groups is 2. The lowest BCUT2D eigenvalue weighted by molar-refractivity contribution is -0.161. The van der Waals surface area contributed by atoms with E-state index >= 15 is 0 Å². The number of unbranched alkanes of at least 4 members (excludes halogenated alkanes) is 40. The van der Waals surface area contributed by atoms with E-state index in [1.54, 1.807) is 0 Å². The van der Waals surface area contributed by atoms with Gasteiger partial charge in [0, 0.05) is 25.7 Å². The van der Waals surface area contributed by atoms with Crippen LogP contribution in [0.15, 0.2) is 0 Å². The van der Waals surface area contributed by atoms with Crippen molar-refractivity contribution in [1.29, 1.82) is 0 Å². The monoisotopic (exact) mass is 1440 g/mol. The van der Waals surface area contributed by atoms with Gasteiger partial charge in [0.25, 0.3) is 0 Å². The van der Waals surface area contributed by atoms with E-state index in [-0.39, 0.29) is 25.7 Å². The number of aliphatic hydroxyl groups is 1. The first-order valence-corrected chi connectivity index (χ1v) is 43.8. The van der Waals surface area contributed by atoms with Crippen LogP contribution in [0.4, 0.5) is 0 Å². The Hall–Kier alpha value is -1.94. The molecule has 0 heterocycles. The fourth-order valence-electron chi connectivity index (χ4n) is 12.0. The van der Waals surface area contributed by atoms with E-state index in [1.165, 1.54) is 199 Å². The summed E-state index contributed by atoms with van der Waals surface area (Å²) in [6.07, 6.45) is 54.1. The van der Waals surface area contributed by atoms with E-state index in [4.69, 9.17) is 37.0 Å². The highest BCUT2D eigenvalue weighted by atomic mass is 31.2. The fraction of sp³-hybridized carbons (Fsp3) is 0.949. The topological polar surface area (TPSA) is 237 Å². The molecule has 7 atom stereocenters. The minimum Gasteiger partial charge on any atom is -0.462 e. The number of carbonyl (C=O) groups is 4. The predicted octanol–water partition coefficient (Wildman–Crippen LogP) is 23.2. The Morgan fingerprint density at radius 1 is 0.286 bits per heavy atom. The molecule has 0 aromatic carbocycles. The molecule has 98 heavy (non-hydrogen) atoms. The van der Waals surface area contributed by atoms with Gasteiger partial charge in [0.15, 0.2) is 12.2 Å². The van der Waals surface area contributed by atoms with Crippen molar-refractivity contribution in [2.75, 3.05) is 39.6 Å². The number of phosphoric ester groups is 2. The summed E-state index contributed by atoms with van der Waals surface area (Å²) in [5.41, 5.74) is 0. The molecule has 0 fully saturated rings. The van der Waals surface area contributed by atoms with Gasteiger partial charge in [-0.2, -0.15) is 0 Å². The van der Waals surface area contributed by atoms with Crippen molar-refractivity contribution in [3.05, 3.63) is 0 Å². The van der Waals surface area contributed by atoms with Crippen LogP contribution in [-0.4, -0.2) is 96.7 Å². The van der Waals surface area contributed by atoms with Gasteiger partial charge in [-0.05, 0) is 49.4 Å². The first-order valence-electron chi connectivity index (χ1n) is 40.8. The van der Waals surface area contributed by atoms with E-state index in [1.807, 2.05) is 0 Å².